The Kier molecular flexibility index (Phi) is 4.74. The molecule has 1 aromatic rings. The number of sulfonamides is 1. The van der Waals surface area contributed by atoms with Crippen LogP contribution in [0.2, 0.25) is 0 Å². The Balaban J connectivity index is 0.00000147. The van der Waals surface area contributed by atoms with Gasteiger partial charge in [-0.25, -0.2) is 13.1 Å². The molecule has 2 atom stereocenters. The standard InChI is InChI=1S/C14H20N2O2S.ClH/c1-19(17,18)15-12-7-9-16-8-6-11-4-2-3-5-13(11)14(16)10-12;/h2-5,12,14-15H,6-10H2,1H3;1H/t12-,14+;/m1./s1. The van der Waals surface area contributed by atoms with E-state index in [1.54, 1.807) is 0 Å². The molecule has 0 bridgehead atoms. The maximum atomic E-state index is 11.4. The van der Waals surface area contributed by atoms with E-state index in [2.05, 4.69) is 33.9 Å². The van der Waals surface area contributed by atoms with Crippen LogP contribution in [0.3, 0.4) is 0 Å². The highest BCUT2D eigenvalue weighted by Gasteiger charge is 2.33. The number of hydrogen-bond acceptors (Lipinski definition) is 3. The van der Waals surface area contributed by atoms with Crippen molar-refractivity contribution >= 4 is 22.4 Å². The van der Waals surface area contributed by atoms with Gasteiger partial charge in [0.15, 0.2) is 0 Å². The van der Waals surface area contributed by atoms with Gasteiger partial charge in [0, 0.05) is 25.2 Å². The number of rotatable bonds is 2. The first-order chi connectivity index (χ1) is 9.03. The van der Waals surface area contributed by atoms with E-state index in [0.717, 1.165) is 32.4 Å². The molecule has 0 unspecified atom stereocenters. The molecule has 2 aliphatic rings. The number of benzene rings is 1. The van der Waals surface area contributed by atoms with E-state index in [4.69, 9.17) is 0 Å². The lowest BCUT2D eigenvalue weighted by atomic mass is 9.85. The van der Waals surface area contributed by atoms with Gasteiger partial charge in [-0.1, -0.05) is 24.3 Å². The fourth-order valence-corrected chi connectivity index (χ4v) is 4.19. The highest BCUT2D eigenvalue weighted by atomic mass is 35.5. The van der Waals surface area contributed by atoms with Crippen LogP contribution in [0, 0.1) is 0 Å². The number of halogens is 1. The number of nitrogens with zero attached hydrogens (tertiary/aromatic N) is 1. The van der Waals surface area contributed by atoms with Gasteiger partial charge in [-0.05, 0) is 30.4 Å². The zero-order valence-electron chi connectivity index (χ0n) is 11.6. The van der Waals surface area contributed by atoms with Crippen LogP contribution in [0.5, 0.6) is 0 Å². The molecule has 0 amide bonds. The third kappa shape index (κ3) is 3.34. The van der Waals surface area contributed by atoms with Crippen molar-refractivity contribution in [3.8, 4) is 0 Å². The van der Waals surface area contributed by atoms with E-state index in [1.807, 2.05) is 0 Å². The van der Waals surface area contributed by atoms with Gasteiger partial charge >= 0.3 is 0 Å². The normalized spacial score (nSPS) is 26.2. The Morgan fingerprint density at radius 1 is 1.25 bits per heavy atom. The highest BCUT2D eigenvalue weighted by Crippen LogP contribution is 2.36. The Hall–Kier alpha value is -0.620. The molecule has 1 aromatic carbocycles. The third-order valence-electron chi connectivity index (χ3n) is 4.18. The molecule has 2 heterocycles. The summed E-state index contributed by atoms with van der Waals surface area (Å²) in [5.41, 5.74) is 2.80. The minimum Gasteiger partial charge on any atom is -0.296 e. The summed E-state index contributed by atoms with van der Waals surface area (Å²) in [6.07, 6.45) is 4.14. The maximum absolute atomic E-state index is 11.4. The number of nitrogens with one attached hydrogen (secondary N) is 1. The van der Waals surface area contributed by atoms with Crippen LogP contribution in [0.4, 0.5) is 0 Å². The average Bonchev–Trinajstić information content (AvgIpc) is 2.37. The monoisotopic (exact) mass is 316 g/mol. The summed E-state index contributed by atoms with van der Waals surface area (Å²) in [5.74, 6) is 0. The SMILES string of the molecule is CS(=O)(=O)N[C@@H]1CCN2CCc3ccccc3[C@@H]2C1.Cl. The van der Waals surface area contributed by atoms with Gasteiger partial charge in [-0.3, -0.25) is 4.90 Å². The molecule has 1 N–H and O–H groups in total. The van der Waals surface area contributed by atoms with Crippen LogP contribution in [0.15, 0.2) is 24.3 Å². The minimum absolute atomic E-state index is 0. The van der Waals surface area contributed by atoms with Gasteiger partial charge in [0.25, 0.3) is 0 Å². The average molecular weight is 317 g/mol. The summed E-state index contributed by atoms with van der Waals surface area (Å²) >= 11 is 0. The Bertz CT molecular complexity index is 576. The molecule has 0 aromatic heterocycles. The molecule has 3 rings (SSSR count). The highest BCUT2D eigenvalue weighted by molar-refractivity contribution is 7.88. The van der Waals surface area contributed by atoms with Gasteiger partial charge < -0.3 is 0 Å². The van der Waals surface area contributed by atoms with Crippen LogP contribution in [0.1, 0.15) is 30.0 Å². The first kappa shape index (κ1) is 15.8. The molecular weight excluding hydrogens is 296 g/mol. The molecule has 1 fully saturated rings. The van der Waals surface area contributed by atoms with E-state index in [-0.39, 0.29) is 18.4 Å². The zero-order chi connectivity index (χ0) is 13.5. The van der Waals surface area contributed by atoms with Crippen molar-refractivity contribution in [2.45, 2.75) is 31.3 Å². The van der Waals surface area contributed by atoms with Gasteiger partial charge in [-0.15, -0.1) is 12.4 Å². The second-order valence-corrected chi connectivity index (χ2v) is 7.39. The second-order valence-electron chi connectivity index (χ2n) is 5.61. The zero-order valence-corrected chi connectivity index (χ0v) is 13.2. The lowest BCUT2D eigenvalue weighted by molar-refractivity contribution is 0.122. The number of fused-ring (bicyclic) bond motifs is 3. The predicted molar refractivity (Wildman–Crippen MR) is 82.7 cm³/mol. The van der Waals surface area contributed by atoms with Crippen LogP contribution >= 0.6 is 12.4 Å². The number of hydrogen-bond donors (Lipinski definition) is 1. The van der Waals surface area contributed by atoms with Crippen molar-refractivity contribution in [1.82, 2.24) is 9.62 Å². The molecular formula is C14H21ClN2O2S. The first-order valence-corrected chi connectivity index (χ1v) is 8.71. The molecule has 20 heavy (non-hydrogen) atoms. The third-order valence-corrected chi connectivity index (χ3v) is 4.94. The molecule has 2 aliphatic heterocycles. The Morgan fingerprint density at radius 3 is 2.75 bits per heavy atom. The van der Waals surface area contributed by atoms with Crippen molar-refractivity contribution in [3.05, 3.63) is 35.4 Å². The molecule has 4 nitrogen and oxygen atoms in total. The maximum Gasteiger partial charge on any atom is 0.208 e. The lowest BCUT2D eigenvalue weighted by Crippen LogP contribution is -2.48. The fraction of sp³-hybridized carbons (Fsp3) is 0.571. The first-order valence-electron chi connectivity index (χ1n) is 6.82. The van der Waals surface area contributed by atoms with Gasteiger partial charge in [0.1, 0.15) is 0 Å². The summed E-state index contributed by atoms with van der Waals surface area (Å²) < 4.78 is 25.5. The molecule has 112 valence electrons. The summed E-state index contributed by atoms with van der Waals surface area (Å²) in [6.45, 7) is 2.07. The summed E-state index contributed by atoms with van der Waals surface area (Å²) in [5, 5.41) is 0. The van der Waals surface area contributed by atoms with Crippen molar-refractivity contribution in [3.63, 3.8) is 0 Å². The van der Waals surface area contributed by atoms with Crippen LogP contribution < -0.4 is 4.72 Å². The summed E-state index contributed by atoms with van der Waals surface area (Å²) in [7, 11) is -3.11. The van der Waals surface area contributed by atoms with Gasteiger partial charge in [0.05, 0.1) is 6.26 Å². The van der Waals surface area contributed by atoms with Crippen molar-refractivity contribution in [2.75, 3.05) is 19.3 Å². The Labute approximate surface area is 127 Å². The molecule has 0 saturated carbocycles. The van der Waals surface area contributed by atoms with Crippen molar-refractivity contribution < 1.29 is 8.42 Å². The second kappa shape index (κ2) is 6.02. The van der Waals surface area contributed by atoms with E-state index in [9.17, 15) is 8.42 Å². The lowest BCUT2D eigenvalue weighted by Gasteiger charge is -2.43. The van der Waals surface area contributed by atoms with E-state index in [0.29, 0.717) is 6.04 Å². The van der Waals surface area contributed by atoms with Gasteiger partial charge in [0.2, 0.25) is 10.0 Å². The van der Waals surface area contributed by atoms with Crippen molar-refractivity contribution in [1.29, 1.82) is 0 Å². The van der Waals surface area contributed by atoms with E-state index < -0.39 is 10.0 Å². The van der Waals surface area contributed by atoms with Crippen molar-refractivity contribution in [2.24, 2.45) is 0 Å². The van der Waals surface area contributed by atoms with E-state index in [1.165, 1.54) is 17.4 Å². The summed E-state index contributed by atoms with van der Waals surface area (Å²) in [6, 6.07) is 9.00. The minimum atomic E-state index is -3.11. The molecule has 6 heteroatoms. The molecule has 1 saturated heterocycles. The smallest absolute Gasteiger partial charge is 0.208 e. The van der Waals surface area contributed by atoms with Crippen LogP contribution in [-0.4, -0.2) is 38.7 Å². The topological polar surface area (TPSA) is 49.4 Å². The van der Waals surface area contributed by atoms with Gasteiger partial charge in [-0.2, -0.15) is 0 Å². The number of piperidine rings is 1. The quantitative estimate of drug-likeness (QED) is 0.904. The predicted octanol–water partition coefficient (Wildman–Crippen LogP) is 1.72. The largest absolute Gasteiger partial charge is 0.296 e. The van der Waals surface area contributed by atoms with Crippen LogP contribution in [0.25, 0.3) is 0 Å². The molecule has 0 radical (unpaired) electrons. The van der Waals surface area contributed by atoms with Crippen LogP contribution in [-0.2, 0) is 16.4 Å². The van der Waals surface area contributed by atoms with E-state index >= 15 is 0 Å². The fourth-order valence-electron chi connectivity index (χ4n) is 3.37. The molecule has 0 aliphatic carbocycles. The molecule has 0 spiro atoms. The summed E-state index contributed by atoms with van der Waals surface area (Å²) in [4.78, 5) is 2.49. The Morgan fingerprint density at radius 2 is 2.00 bits per heavy atom.